The Morgan fingerprint density at radius 3 is 2.62 bits per heavy atom. The number of fused-ring (bicyclic) bond motifs is 2. The van der Waals surface area contributed by atoms with Crippen molar-refractivity contribution in [2.24, 2.45) is 0 Å². The molecule has 0 radical (unpaired) electrons. The molecule has 0 bridgehead atoms. The average molecular weight is 416 g/mol. The number of hydrogen-bond acceptors (Lipinski definition) is 3. The van der Waals surface area contributed by atoms with Crippen LogP contribution in [0.5, 0.6) is 5.75 Å². The van der Waals surface area contributed by atoms with Crippen molar-refractivity contribution in [3.05, 3.63) is 64.1 Å². The van der Waals surface area contributed by atoms with Crippen LogP contribution in [0, 0.1) is 0 Å². The molecule has 0 saturated carbocycles. The molecular weight excluding hydrogens is 394 g/mol. The van der Waals surface area contributed by atoms with Gasteiger partial charge in [0.25, 0.3) is 0 Å². The first-order valence-corrected chi connectivity index (χ1v) is 9.61. The maximum atomic E-state index is 12.5. The molecule has 4 nitrogen and oxygen atoms in total. The lowest BCUT2D eigenvalue weighted by Crippen LogP contribution is -2.57. The number of rotatable bonds is 2. The molecule has 136 valence electrons. The van der Waals surface area contributed by atoms with Gasteiger partial charge in [0.1, 0.15) is 23.6 Å². The SMILES string of the molecule is CC1(C)CC2(CN(Cc3ccc(Br)cc3)C(=O)CO2)c2ccccc2O1. The van der Waals surface area contributed by atoms with Crippen molar-refractivity contribution < 1.29 is 14.3 Å². The van der Waals surface area contributed by atoms with Crippen LogP contribution in [-0.4, -0.2) is 29.6 Å². The highest BCUT2D eigenvalue weighted by Gasteiger charge is 2.50. The van der Waals surface area contributed by atoms with E-state index >= 15 is 0 Å². The van der Waals surface area contributed by atoms with Crippen molar-refractivity contribution in [3.8, 4) is 5.75 Å². The van der Waals surface area contributed by atoms with Crippen LogP contribution in [0.15, 0.2) is 53.0 Å². The fourth-order valence-corrected chi connectivity index (χ4v) is 4.27. The molecule has 1 unspecified atom stereocenters. The van der Waals surface area contributed by atoms with Gasteiger partial charge in [-0.3, -0.25) is 4.79 Å². The van der Waals surface area contributed by atoms with Gasteiger partial charge in [0, 0.05) is 23.0 Å². The summed E-state index contributed by atoms with van der Waals surface area (Å²) >= 11 is 3.46. The predicted octanol–water partition coefficient (Wildman–Crippen LogP) is 4.26. The summed E-state index contributed by atoms with van der Waals surface area (Å²) in [4.78, 5) is 14.4. The number of carbonyl (C=O) groups is 1. The lowest BCUT2D eigenvalue weighted by molar-refractivity contribution is -0.181. The van der Waals surface area contributed by atoms with Gasteiger partial charge in [-0.25, -0.2) is 0 Å². The molecule has 1 saturated heterocycles. The number of para-hydroxylation sites is 1. The van der Waals surface area contributed by atoms with Crippen molar-refractivity contribution >= 4 is 21.8 Å². The Hall–Kier alpha value is -1.85. The quantitative estimate of drug-likeness (QED) is 0.734. The topological polar surface area (TPSA) is 38.8 Å². The van der Waals surface area contributed by atoms with E-state index in [4.69, 9.17) is 9.47 Å². The first-order valence-electron chi connectivity index (χ1n) is 8.82. The van der Waals surface area contributed by atoms with Gasteiger partial charge in [0.2, 0.25) is 5.91 Å². The van der Waals surface area contributed by atoms with E-state index in [1.165, 1.54) is 0 Å². The number of morpholine rings is 1. The van der Waals surface area contributed by atoms with Crippen LogP contribution >= 0.6 is 15.9 Å². The average Bonchev–Trinajstić information content (AvgIpc) is 2.59. The molecule has 5 heteroatoms. The molecule has 0 aliphatic carbocycles. The zero-order chi connectivity index (χ0) is 18.4. The van der Waals surface area contributed by atoms with Crippen LogP contribution in [0.25, 0.3) is 0 Å². The van der Waals surface area contributed by atoms with Crippen LogP contribution in [0.1, 0.15) is 31.4 Å². The molecule has 4 rings (SSSR count). The minimum atomic E-state index is -0.526. The van der Waals surface area contributed by atoms with Crippen molar-refractivity contribution in [2.45, 2.75) is 38.0 Å². The molecule has 0 aromatic heterocycles. The van der Waals surface area contributed by atoms with E-state index < -0.39 is 5.60 Å². The summed E-state index contributed by atoms with van der Waals surface area (Å²) in [5.74, 6) is 0.877. The maximum Gasteiger partial charge on any atom is 0.249 e. The Bertz CT molecular complexity index is 833. The molecule has 0 N–H and O–H groups in total. The molecule has 1 amide bonds. The third kappa shape index (κ3) is 3.26. The second-order valence-corrected chi connectivity index (χ2v) is 8.61. The van der Waals surface area contributed by atoms with E-state index in [9.17, 15) is 4.79 Å². The van der Waals surface area contributed by atoms with Gasteiger partial charge in [-0.05, 0) is 37.6 Å². The highest BCUT2D eigenvalue weighted by Crippen LogP contribution is 2.47. The van der Waals surface area contributed by atoms with E-state index in [1.54, 1.807) is 0 Å². The van der Waals surface area contributed by atoms with E-state index in [1.807, 2.05) is 47.4 Å². The van der Waals surface area contributed by atoms with E-state index in [0.717, 1.165) is 21.3 Å². The molecule has 2 aliphatic heterocycles. The monoisotopic (exact) mass is 415 g/mol. The Kier molecular flexibility index (Phi) is 4.32. The molecule has 26 heavy (non-hydrogen) atoms. The second-order valence-electron chi connectivity index (χ2n) is 7.69. The van der Waals surface area contributed by atoms with E-state index in [0.29, 0.717) is 19.5 Å². The third-order valence-electron chi connectivity index (χ3n) is 5.03. The molecule has 1 spiro atoms. The number of carbonyl (C=O) groups excluding carboxylic acids is 1. The van der Waals surface area contributed by atoms with Crippen LogP contribution in [-0.2, 0) is 21.7 Å². The first-order chi connectivity index (χ1) is 12.4. The van der Waals surface area contributed by atoms with Crippen molar-refractivity contribution in [1.82, 2.24) is 4.90 Å². The van der Waals surface area contributed by atoms with E-state index in [2.05, 4.69) is 35.8 Å². The minimum absolute atomic E-state index is 0.0281. The number of ether oxygens (including phenoxy) is 2. The normalized spacial score (nSPS) is 24.3. The Morgan fingerprint density at radius 1 is 1.12 bits per heavy atom. The van der Waals surface area contributed by atoms with Crippen LogP contribution in [0.4, 0.5) is 0 Å². The van der Waals surface area contributed by atoms with Gasteiger partial charge >= 0.3 is 0 Å². The Morgan fingerprint density at radius 2 is 1.85 bits per heavy atom. The summed E-state index contributed by atoms with van der Waals surface area (Å²) in [6.07, 6.45) is 0.709. The minimum Gasteiger partial charge on any atom is -0.487 e. The number of nitrogens with zero attached hydrogens (tertiary/aromatic N) is 1. The lowest BCUT2D eigenvalue weighted by Gasteiger charge is -2.49. The standard InChI is InChI=1S/C21H22BrNO3/c1-20(2)13-21(17-5-3-4-6-18(17)26-20)14-23(19(24)12-25-21)11-15-7-9-16(22)10-8-15/h3-10H,11-14H2,1-2H3. The van der Waals surface area contributed by atoms with Crippen molar-refractivity contribution in [1.29, 1.82) is 0 Å². The molecule has 1 fully saturated rings. The maximum absolute atomic E-state index is 12.5. The van der Waals surface area contributed by atoms with E-state index in [-0.39, 0.29) is 18.1 Å². The zero-order valence-electron chi connectivity index (χ0n) is 15.0. The molecule has 2 aromatic rings. The van der Waals surface area contributed by atoms with Crippen molar-refractivity contribution in [2.75, 3.05) is 13.2 Å². The summed E-state index contributed by atoms with van der Waals surface area (Å²) in [5.41, 5.74) is 1.27. The molecular formula is C21H22BrNO3. The number of halogens is 1. The first kappa shape index (κ1) is 17.6. The van der Waals surface area contributed by atoms with Gasteiger partial charge < -0.3 is 14.4 Å². The molecule has 1 atom stereocenters. The smallest absolute Gasteiger partial charge is 0.249 e. The fourth-order valence-electron chi connectivity index (χ4n) is 4.01. The lowest BCUT2D eigenvalue weighted by atomic mass is 9.79. The second kappa shape index (κ2) is 6.39. The van der Waals surface area contributed by atoms with Gasteiger partial charge in [0.05, 0.1) is 6.54 Å². The Balaban J connectivity index is 1.66. The molecule has 2 heterocycles. The van der Waals surface area contributed by atoms with Gasteiger partial charge in [-0.15, -0.1) is 0 Å². The van der Waals surface area contributed by atoms with Crippen LogP contribution in [0.3, 0.4) is 0 Å². The summed E-state index contributed by atoms with van der Waals surface area (Å²) in [5, 5.41) is 0. The Labute approximate surface area is 162 Å². The van der Waals surface area contributed by atoms with Crippen LogP contribution < -0.4 is 4.74 Å². The van der Waals surface area contributed by atoms with Crippen LogP contribution in [0.2, 0.25) is 0 Å². The van der Waals surface area contributed by atoms with Gasteiger partial charge in [0.15, 0.2) is 0 Å². The predicted molar refractivity (Wildman–Crippen MR) is 103 cm³/mol. The number of benzene rings is 2. The molecule has 2 aliphatic rings. The highest BCUT2D eigenvalue weighted by atomic mass is 79.9. The largest absolute Gasteiger partial charge is 0.487 e. The van der Waals surface area contributed by atoms with Crippen molar-refractivity contribution in [3.63, 3.8) is 0 Å². The summed E-state index contributed by atoms with van der Waals surface area (Å²) in [6, 6.07) is 16.1. The summed E-state index contributed by atoms with van der Waals surface area (Å²) in [6.45, 7) is 5.36. The van der Waals surface area contributed by atoms with Gasteiger partial charge in [-0.2, -0.15) is 0 Å². The van der Waals surface area contributed by atoms with Gasteiger partial charge in [-0.1, -0.05) is 46.3 Å². The summed E-state index contributed by atoms with van der Waals surface area (Å²) < 4.78 is 13.4. The fraction of sp³-hybridized carbons (Fsp3) is 0.381. The zero-order valence-corrected chi connectivity index (χ0v) is 16.6. The highest BCUT2D eigenvalue weighted by molar-refractivity contribution is 9.10. The third-order valence-corrected chi connectivity index (χ3v) is 5.56. The number of hydrogen-bond donors (Lipinski definition) is 0. The summed E-state index contributed by atoms with van der Waals surface area (Å²) in [7, 11) is 0. The molecule has 2 aromatic carbocycles. The number of amides is 1.